The zero-order valence-corrected chi connectivity index (χ0v) is 13.1. The van der Waals surface area contributed by atoms with Crippen LogP contribution in [-0.4, -0.2) is 23.8 Å². The molecule has 1 aliphatic carbocycles. The molecule has 0 bridgehead atoms. The molecule has 1 amide bonds. The van der Waals surface area contributed by atoms with Gasteiger partial charge in [-0.1, -0.05) is 19.9 Å². The molecular weight excluding hydrogens is 327 g/mol. The van der Waals surface area contributed by atoms with E-state index < -0.39 is 40.9 Å². The molecule has 1 aliphatic rings. The summed E-state index contributed by atoms with van der Waals surface area (Å²) in [5, 5.41) is 2.30. The van der Waals surface area contributed by atoms with Gasteiger partial charge in [-0.15, -0.1) is 13.2 Å². The minimum absolute atomic E-state index is 0.00665. The van der Waals surface area contributed by atoms with Gasteiger partial charge in [0.1, 0.15) is 5.75 Å². The van der Waals surface area contributed by atoms with Crippen LogP contribution in [-0.2, 0) is 14.4 Å². The highest BCUT2D eigenvalue weighted by Crippen LogP contribution is 2.34. The molecule has 0 radical (unpaired) electrons. The number of Topliss-reactive ketones (excluding diaryl/α,β-unsaturated/α-hetero) is 2. The molecule has 8 heteroatoms. The van der Waals surface area contributed by atoms with Gasteiger partial charge in [-0.25, -0.2) is 0 Å². The summed E-state index contributed by atoms with van der Waals surface area (Å²) in [4.78, 5) is 36.3. The van der Waals surface area contributed by atoms with E-state index in [2.05, 4.69) is 10.1 Å². The highest BCUT2D eigenvalue weighted by atomic mass is 19.4. The number of benzene rings is 1. The quantitative estimate of drug-likeness (QED) is 0.856. The van der Waals surface area contributed by atoms with Gasteiger partial charge in [0, 0.05) is 24.6 Å². The monoisotopic (exact) mass is 343 g/mol. The molecule has 1 saturated carbocycles. The van der Waals surface area contributed by atoms with Gasteiger partial charge in [0.2, 0.25) is 5.91 Å². The Morgan fingerprint density at radius 3 is 2.33 bits per heavy atom. The van der Waals surface area contributed by atoms with Gasteiger partial charge in [-0.05, 0) is 17.5 Å². The number of carbonyl (C=O) groups excluding carboxylic acids is 3. The number of anilines is 1. The van der Waals surface area contributed by atoms with Crippen LogP contribution >= 0.6 is 0 Å². The Bertz CT molecular complexity index is 662. The van der Waals surface area contributed by atoms with Gasteiger partial charge in [-0.3, -0.25) is 14.4 Å². The lowest BCUT2D eigenvalue weighted by Gasteiger charge is -2.31. The van der Waals surface area contributed by atoms with Crippen molar-refractivity contribution >= 4 is 23.2 Å². The molecule has 1 N–H and O–H groups in total. The van der Waals surface area contributed by atoms with Crippen LogP contribution in [0.25, 0.3) is 0 Å². The lowest BCUT2D eigenvalue weighted by atomic mass is 9.71. The maximum Gasteiger partial charge on any atom is 0.573 e. The smallest absolute Gasteiger partial charge is 0.406 e. The first kappa shape index (κ1) is 18.0. The van der Waals surface area contributed by atoms with Crippen molar-refractivity contribution in [3.05, 3.63) is 24.3 Å². The number of nitrogens with one attached hydrogen (secondary N) is 1. The van der Waals surface area contributed by atoms with Crippen molar-refractivity contribution in [1.82, 2.24) is 0 Å². The Labute approximate surface area is 136 Å². The summed E-state index contributed by atoms with van der Waals surface area (Å²) >= 11 is 0. The number of halogens is 3. The summed E-state index contributed by atoms with van der Waals surface area (Å²) in [6, 6.07) is 4.63. The van der Waals surface area contributed by atoms with Crippen LogP contribution in [0.4, 0.5) is 18.9 Å². The van der Waals surface area contributed by atoms with Crippen molar-refractivity contribution in [2.75, 3.05) is 5.32 Å². The number of alkyl halides is 3. The number of ether oxygens (including phenoxy) is 1. The van der Waals surface area contributed by atoms with E-state index in [1.54, 1.807) is 13.8 Å². The van der Waals surface area contributed by atoms with E-state index in [0.29, 0.717) is 0 Å². The van der Waals surface area contributed by atoms with Crippen LogP contribution < -0.4 is 10.1 Å². The topological polar surface area (TPSA) is 72.5 Å². The predicted molar refractivity (Wildman–Crippen MR) is 78.3 cm³/mol. The van der Waals surface area contributed by atoms with Crippen molar-refractivity contribution in [3.63, 3.8) is 0 Å². The SMILES string of the molecule is CC1(C)CC(=O)C(C(=O)Nc2cccc(OC(F)(F)F)c2)C(=O)C1. The summed E-state index contributed by atoms with van der Waals surface area (Å²) < 4.78 is 40.4. The molecular formula is C16H16F3NO4. The Hall–Kier alpha value is -2.38. The number of hydrogen-bond donors (Lipinski definition) is 1. The fraction of sp³-hybridized carbons (Fsp3) is 0.438. The zero-order valence-electron chi connectivity index (χ0n) is 13.1. The third kappa shape index (κ3) is 4.56. The Kier molecular flexibility index (Phi) is 4.68. The van der Waals surface area contributed by atoms with Crippen LogP contribution in [0.15, 0.2) is 24.3 Å². The first-order valence-electron chi connectivity index (χ1n) is 7.19. The molecule has 130 valence electrons. The number of amides is 1. The molecule has 2 rings (SSSR count). The van der Waals surface area contributed by atoms with E-state index in [0.717, 1.165) is 12.1 Å². The third-order valence-electron chi connectivity index (χ3n) is 3.55. The molecule has 1 fully saturated rings. The molecule has 24 heavy (non-hydrogen) atoms. The van der Waals surface area contributed by atoms with E-state index in [1.165, 1.54) is 12.1 Å². The second kappa shape index (κ2) is 6.26. The van der Waals surface area contributed by atoms with Crippen LogP contribution in [0.3, 0.4) is 0 Å². The summed E-state index contributed by atoms with van der Waals surface area (Å²) in [6.07, 6.45) is -4.67. The van der Waals surface area contributed by atoms with Crippen LogP contribution in [0.5, 0.6) is 5.75 Å². The minimum Gasteiger partial charge on any atom is -0.406 e. The Balaban J connectivity index is 2.11. The second-order valence-electron chi connectivity index (χ2n) is 6.45. The maximum absolute atomic E-state index is 12.2. The third-order valence-corrected chi connectivity index (χ3v) is 3.55. The summed E-state index contributed by atoms with van der Waals surface area (Å²) in [6.45, 7) is 3.52. The largest absolute Gasteiger partial charge is 0.573 e. The first-order chi connectivity index (χ1) is 11.0. The number of carbonyl (C=O) groups is 3. The van der Waals surface area contributed by atoms with E-state index in [-0.39, 0.29) is 18.5 Å². The van der Waals surface area contributed by atoms with Crippen molar-refractivity contribution in [2.24, 2.45) is 11.3 Å². The number of ketones is 2. The van der Waals surface area contributed by atoms with Crippen molar-refractivity contribution in [3.8, 4) is 5.75 Å². The molecule has 0 spiro atoms. The summed E-state index contributed by atoms with van der Waals surface area (Å²) in [7, 11) is 0. The molecule has 0 aromatic heterocycles. The van der Waals surface area contributed by atoms with Crippen molar-refractivity contribution < 1.29 is 32.3 Å². The van der Waals surface area contributed by atoms with E-state index in [9.17, 15) is 27.6 Å². The van der Waals surface area contributed by atoms with Crippen molar-refractivity contribution in [1.29, 1.82) is 0 Å². The molecule has 0 aliphatic heterocycles. The highest BCUT2D eigenvalue weighted by molar-refractivity contribution is 6.23. The van der Waals surface area contributed by atoms with Gasteiger partial charge in [0.05, 0.1) is 0 Å². The second-order valence-corrected chi connectivity index (χ2v) is 6.45. The summed E-state index contributed by atoms with van der Waals surface area (Å²) in [5.74, 6) is -3.76. The molecule has 0 unspecified atom stereocenters. The molecule has 5 nitrogen and oxygen atoms in total. The van der Waals surface area contributed by atoms with Crippen LogP contribution in [0, 0.1) is 11.3 Å². The lowest BCUT2D eigenvalue weighted by molar-refractivity contribution is -0.274. The number of rotatable bonds is 3. The average molecular weight is 343 g/mol. The van der Waals surface area contributed by atoms with Gasteiger partial charge in [0.25, 0.3) is 0 Å². The average Bonchev–Trinajstić information content (AvgIpc) is 2.33. The van der Waals surface area contributed by atoms with Crippen LogP contribution in [0.2, 0.25) is 0 Å². The molecule has 0 atom stereocenters. The number of hydrogen-bond acceptors (Lipinski definition) is 4. The molecule has 1 aromatic rings. The minimum atomic E-state index is -4.86. The van der Waals surface area contributed by atoms with Gasteiger partial charge in [0.15, 0.2) is 17.5 Å². The van der Waals surface area contributed by atoms with Gasteiger partial charge >= 0.3 is 6.36 Å². The fourth-order valence-electron chi connectivity index (χ4n) is 2.67. The van der Waals surface area contributed by atoms with E-state index in [4.69, 9.17) is 0 Å². The lowest BCUT2D eigenvalue weighted by Crippen LogP contribution is -2.44. The standard InChI is InChI=1S/C16H16F3NO4/c1-15(2)7-11(21)13(12(22)8-15)14(23)20-9-4-3-5-10(6-9)24-16(17,18)19/h3-6,13H,7-8H2,1-2H3,(H,20,23). The van der Waals surface area contributed by atoms with E-state index >= 15 is 0 Å². The molecule has 0 saturated heterocycles. The van der Waals surface area contributed by atoms with Crippen molar-refractivity contribution in [2.45, 2.75) is 33.1 Å². The highest BCUT2D eigenvalue weighted by Gasteiger charge is 2.43. The normalized spacial score (nSPS) is 18.4. The van der Waals surface area contributed by atoms with Gasteiger partial charge < -0.3 is 10.1 Å². The van der Waals surface area contributed by atoms with E-state index in [1.807, 2.05) is 0 Å². The zero-order chi connectivity index (χ0) is 18.1. The molecule has 0 heterocycles. The first-order valence-corrected chi connectivity index (χ1v) is 7.19. The maximum atomic E-state index is 12.2. The fourth-order valence-corrected chi connectivity index (χ4v) is 2.67. The van der Waals surface area contributed by atoms with Gasteiger partial charge in [-0.2, -0.15) is 0 Å². The Morgan fingerprint density at radius 1 is 1.21 bits per heavy atom. The summed E-state index contributed by atoms with van der Waals surface area (Å²) in [5.41, 5.74) is -0.488. The van der Waals surface area contributed by atoms with Crippen LogP contribution in [0.1, 0.15) is 26.7 Å². The molecule has 1 aromatic carbocycles. The predicted octanol–water partition coefficient (Wildman–Crippen LogP) is 3.10. The Morgan fingerprint density at radius 2 is 1.79 bits per heavy atom.